The van der Waals surface area contributed by atoms with Crippen LogP contribution >= 0.6 is 0 Å². The molecule has 8 heteroatoms. The first-order chi connectivity index (χ1) is 11.5. The molecule has 126 valence electrons. The van der Waals surface area contributed by atoms with E-state index in [1.807, 2.05) is 13.0 Å². The van der Waals surface area contributed by atoms with Gasteiger partial charge in [0.1, 0.15) is 0 Å². The maximum Gasteiger partial charge on any atom is 0.377 e. The molecule has 1 aliphatic heterocycles. The second-order valence-electron chi connectivity index (χ2n) is 5.31. The molecule has 0 saturated heterocycles. The van der Waals surface area contributed by atoms with Crippen LogP contribution in [0.2, 0.25) is 0 Å². The van der Waals surface area contributed by atoms with Crippen LogP contribution in [-0.2, 0) is 9.53 Å². The molecule has 1 atom stereocenters. The van der Waals surface area contributed by atoms with Crippen LogP contribution < -0.4 is 14.8 Å². The first-order valence-electron chi connectivity index (χ1n) is 7.32. The number of hydrogen-bond acceptors (Lipinski definition) is 7. The molecular formula is C16H16N2O6. The fourth-order valence-corrected chi connectivity index (χ4v) is 2.21. The number of ether oxygens (including phenoxy) is 3. The van der Waals surface area contributed by atoms with Gasteiger partial charge in [-0.1, -0.05) is 11.2 Å². The maximum absolute atomic E-state index is 11.9. The number of amides is 1. The predicted molar refractivity (Wildman–Crippen MR) is 80.6 cm³/mol. The van der Waals surface area contributed by atoms with Crippen LogP contribution in [0.15, 0.2) is 28.8 Å². The molecule has 1 aliphatic rings. The van der Waals surface area contributed by atoms with Crippen LogP contribution in [0.3, 0.4) is 0 Å². The molecule has 0 fully saturated rings. The Balaban J connectivity index is 1.52. The molecule has 2 aromatic rings. The summed E-state index contributed by atoms with van der Waals surface area (Å²) in [5.74, 6) is 0.115. The van der Waals surface area contributed by atoms with Gasteiger partial charge in [0.2, 0.25) is 12.6 Å². The van der Waals surface area contributed by atoms with E-state index in [9.17, 15) is 9.59 Å². The molecule has 1 aromatic carbocycles. The third-order valence-electron chi connectivity index (χ3n) is 3.44. The standard InChI is InChI=1S/C16H16N2O6/c1-9-5-14(24-18-9)16(20)21-7-15(19)17-10(2)11-3-4-12-13(6-11)23-8-22-12/h3-6,10H,7-8H2,1-2H3,(H,17,19). The zero-order valence-corrected chi connectivity index (χ0v) is 13.2. The molecule has 24 heavy (non-hydrogen) atoms. The first kappa shape index (κ1) is 15.9. The highest BCUT2D eigenvalue weighted by Crippen LogP contribution is 2.34. The Morgan fingerprint density at radius 3 is 2.83 bits per heavy atom. The lowest BCUT2D eigenvalue weighted by atomic mass is 10.1. The summed E-state index contributed by atoms with van der Waals surface area (Å²) in [6, 6.07) is 6.58. The molecule has 1 amide bonds. The van der Waals surface area contributed by atoms with Gasteiger partial charge in [-0.25, -0.2) is 4.79 Å². The number of esters is 1. The van der Waals surface area contributed by atoms with Crippen molar-refractivity contribution in [3.8, 4) is 11.5 Å². The van der Waals surface area contributed by atoms with Crippen molar-refractivity contribution >= 4 is 11.9 Å². The van der Waals surface area contributed by atoms with E-state index in [1.165, 1.54) is 6.07 Å². The lowest BCUT2D eigenvalue weighted by Crippen LogP contribution is -2.31. The first-order valence-corrected chi connectivity index (χ1v) is 7.32. The van der Waals surface area contributed by atoms with Crippen molar-refractivity contribution in [1.82, 2.24) is 10.5 Å². The smallest absolute Gasteiger partial charge is 0.377 e. The maximum atomic E-state index is 11.9. The monoisotopic (exact) mass is 332 g/mol. The minimum atomic E-state index is -0.735. The van der Waals surface area contributed by atoms with Crippen molar-refractivity contribution in [3.05, 3.63) is 41.3 Å². The highest BCUT2D eigenvalue weighted by Gasteiger charge is 2.18. The molecule has 2 heterocycles. The normalized spacial score (nSPS) is 13.4. The highest BCUT2D eigenvalue weighted by atomic mass is 16.7. The van der Waals surface area contributed by atoms with E-state index in [0.29, 0.717) is 17.2 Å². The summed E-state index contributed by atoms with van der Waals surface area (Å²) in [6.07, 6.45) is 0. The van der Waals surface area contributed by atoms with E-state index >= 15 is 0 Å². The number of hydrogen-bond donors (Lipinski definition) is 1. The summed E-state index contributed by atoms with van der Waals surface area (Å²) in [6.45, 7) is 3.28. The van der Waals surface area contributed by atoms with Gasteiger partial charge in [0.15, 0.2) is 18.1 Å². The van der Waals surface area contributed by atoms with Gasteiger partial charge in [0, 0.05) is 6.07 Å². The summed E-state index contributed by atoms with van der Waals surface area (Å²) in [4.78, 5) is 23.6. The molecule has 1 unspecified atom stereocenters. The number of carbonyl (C=O) groups excluding carboxylic acids is 2. The Morgan fingerprint density at radius 2 is 2.08 bits per heavy atom. The van der Waals surface area contributed by atoms with Crippen molar-refractivity contribution in [3.63, 3.8) is 0 Å². The average Bonchev–Trinajstić information content (AvgIpc) is 3.20. The number of rotatable bonds is 5. The Morgan fingerprint density at radius 1 is 1.29 bits per heavy atom. The summed E-state index contributed by atoms with van der Waals surface area (Å²) in [5, 5.41) is 6.32. The van der Waals surface area contributed by atoms with Gasteiger partial charge in [-0.05, 0) is 31.5 Å². The van der Waals surface area contributed by atoms with Crippen molar-refractivity contribution in [2.45, 2.75) is 19.9 Å². The summed E-state index contributed by atoms with van der Waals surface area (Å²) < 4.78 is 20.2. The average molecular weight is 332 g/mol. The Hall–Kier alpha value is -3.03. The molecule has 0 saturated carbocycles. The largest absolute Gasteiger partial charge is 0.454 e. The number of nitrogens with one attached hydrogen (secondary N) is 1. The van der Waals surface area contributed by atoms with Gasteiger partial charge in [0.05, 0.1) is 11.7 Å². The quantitative estimate of drug-likeness (QED) is 0.832. The highest BCUT2D eigenvalue weighted by molar-refractivity contribution is 5.88. The van der Waals surface area contributed by atoms with Gasteiger partial charge in [-0.3, -0.25) is 4.79 Å². The fourth-order valence-electron chi connectivity index (χ4n) is 2.21. The van der Waals surface area contributed by atoms with Crippen molar-refractivity contribution in [1.29, 1.82) is 0 Å². The van der Waals surface area contributed by atoms with Crippen LogP contribution in [0.25, 0.3) is 0 Å². The van der Waals surface area contributed by atoms with E-state index < -0.39 is 18.5 Å². The van der Waals surface area contributed by atoms with E-state index in [1.54, 1.807) is 19.1 Å². The van der Waals surface area contributed by atoms with E-state index in [2.05, 4.69) is 10.5 Å². The minimum absolute atomic E-state index is 0.0379. The fraction of sp³-hybridized carbons (Fsp3) is 0.312. The van der Waals surface area contributed by atoms with E-state index in [4.69, 9.17) is 18.7 Å². The molecular weight excluding hydrogens is 316 g/mol. The number of fused-ring (bicyclic) bond motifs is 1. The Labute approximate surface area is 137 Å². The lowest BCUT2D eigenvalue weighted by molar-refractivity contribution is -0.124. The number of aromatic nitrogens is 1. The number of nitrogens with zero attached hydrogens (tertiary/aromatic N) is 1. The molecule has 0 aliphatic carbocycles. The van der Waals surface area contributed by atoms with Crippen LogP contribution in [0.1, 0.15) is 34.8 Å². The van der Waals surface area contributed by atoms with Crippen molar-refractivity contribution in [2.24, 2.45) is 0 Å². The molecule has 3 rings (SSSR count). The van der Waals surface area contributed by atoms with Crippen LogP contribution in [0.4, 0.5) is 0 Å². The van der Waals surface area contributed by atoms with Gasteiger partial charge >= 0.3 is 5.97 Å². The van der Waals surface area contributed by atoms with Gasteiger partial charge in [0.25, 0.3) is 5.91 Å². The number of benzene rings is 1. The molecule has 1 N–H and O–H groups in total. The van der Waals surface area contributed by atoms with Crippen LogP contribution in [0.5, 0.6) is 11.5 Å². The second kappa shape index (κ2) is 6.61. The van der Waals surface area contributed by atoms with Gasteiger partial charge < -0.3 is 24.1 Å². The summed E-state index contributed by atoms with van der Waals surface area (Å²) >= 11 is 0. The third-order valence-corrected chi connectivity index (χ3v) is 3.44. The number of aryl methyl sites for hydroxylation is 1. The Kier molecular flexibility index (Phi) is 4.37. The van der Waals surface area contributed by atoms with E-state index in [0.717, 1.165) is 5.56 Å². The minimum Gasteiger partial charge on any atom is -0.454 e. The SMILES string of the molecule is Cc1cc(C(=O)OCC(=O)NC(C)c2ccc3c(c2)OCO3)on1. The molecule has 0 radical (unpaired) electrons. The van der Waals surface area contributed by atoms with Crippen LogP contribution in [0, 0.1) is 6.92 Å². The molecule has 1 aromatic heterocycles. The lowest BCUT2D eigenvalue weighted by Gasteiger charge is -2.14. The van der Waals surface area contributed by atoms with E-state index in [-0.39, 0.29) is 18.6 Å². The van der Waals surface area contributed by atoms with Crippen LogP contribution in [-0.4, -0.2) is 30.4 Å². The second-order valence-corrected chi connectivity index (χ2v) is 5.31. The predicted octanol–water partition coefficient (Wildman–Crippen LogP) is 1.75. The molecule has 0 spiro atoms. The summed E-state index contributed by atoms with van der Waals surface area (Å²) in [7, 11) is 0. The van der Waals surface area contributed by atoms with Gasteiger partial charge in [-0.2, -0.15) is 0 Å². The summed E-state index contributed by atoms with van der Waals surface area (Å²) in [5.41, 5.74) is 1.41. The molecule has 8 nitrogen and oxygen atoms in total. The topological polar surface area (TPSA) is 99.9 Å². The third kappa shape index (κ3) is 3.48. The van der Waals surface area contributed by atoms with Crippen molar-refractivity contribution < 1.29 is 28.3 Å². The molecule has 0 bridgehead atoms. The van der Waals surface area contributed by atoms with Crippen molar-refractivity contribution in [2.75, 3.05) is 13.4 Å². The zero-order chi connectivity index (χ0) is 17.1. The zero-order valence-electron chi connectivity index (χ0n) is 13.2. The number of carbonyl (C=O) groups is 2. The van der Waals surface area contributed by atoms with Gasteiger partial charge in [-0.15, -0.1) is 0 Å². The Bertz CT molecular complexity index is 770.